The Balaban J connectivity index is 3.44. The minimum Gasteiger partial charge on any atom is -0.481 e. The lowest BCUT2D eigenvalue weighted by Gasteiger charge is -2.18. The van der Waals surface area contributed by atoms with E-state index in [1.165, 1.54) is 0 Å². The van der Waals surface area contributed by atoms with E-state index >= 15 is 0 Å². The van der Waals surface area contributed by atoms with Crippen molar-refractivity contribution in [3.63, 3.8) is 0 Å². The molecule has 0 aliphatic heterocycles. The third kappa shape index (κ3) is 5.75. The minimum absolute atomic E-state index is 0.630. The van der Waals surface area contributed by atoms with Crippen molar-refractivity contribution in [1.29, 1.82) is 0 Å². The second kappa shape index (κ2) is 6.60. The SMILES string of the molecule is C=CCCOCCCC(C)(C)C(=O)O. The first kappa shape index (κ1) is 13.2. The Hall–Kier alpha value is -0.830. The molecule has 0 atom stereocenters. The van der Waals surface area contributed by atoms with Crippen LogP contribution < -0.4 is 0 Å². The molecule has 0 aromatic carbocycles. The van der Waals surface area contributed by atoms with Gasteiger partial charge in [0, 0.05) is 13.2 Å². The van der Waals surface area contributed by atoms with Gasteiger partial charge >= 0.3 is 5.97 Å². The summed E-state index contributed by atoms with van der Waals surface area (Å²) in [5.41, 5.74) is -0.637. The largest absolute Gasteiger partial charge is 0.481 e. The molecule has 0 rings (SSSR count). The zero-order chi connectivity index (χ0) is 11.0. The molecule has 0 aromatic rings. The van der Waals surface area contributed by atoms with E-state index in [0.717, 1.165) is 12.8 Å². The highest BCUT2D eigenvalue weighted by molar-refractivity contribution is 5.73. The van der Waals surface area contributed by atoms with Crippen LogP contribution in [0.1, 0.15) is 33.1 Å². The Morgan fingerprint density at radius 3 is 2.64 bits per heavy atom. The maximum Gasteiger partial charge on any atom is 0.309 e. The van der Waals surface area contributed by atoms with Gasteiger partial charge < -0.3 is 9.84 Å². The predicted molar refractivity (Wildman–Crippen MR) is 56.3 cm³/mol. The van der Waals surface area contributed by atoms with Gasteiger partial charge in [0.15, 0.2) is 0 Å². The fourth-order valence-corrected chi connectivity index (χ4v) is 0.992. The molecule has 0 aliphatic rings. The van der Waals surface area contributed by atoms with Crippen molar-refractivity contribution in [2.45, 2.75) is 33.1 Å². The molecule has 0 bridgehead atoms. The molecule has 0 saturated carbocycles. The van der Waals surface area contributed by atoms with Gasteiger partial charge in [0.25, 0.3) is 0 Å². The molecule has 0 unspecified atom stereocenters. The smallest absolute Gasteiger partial charge is 0.309 e. The summed E-state index contributed by atoms with van der Waals surface area (Å²) in [6.45, 7) is 8.36. The summed E-state index contributed by atoms with van der Waals surface area (Å²) in [6.07, 6.45) is 4.09. The monoisotopic (exact) mass is 200 g/mol. The molecule has 0 aliphatic carbocycles. The molecule has 82 valence electrons. The summed E-state index contributed by atoms with van der Waals surface area (Å²) in [5, 5.41) is 8.83. The van der Waals surface area contributed by atoms with Crippen molar-refractivity contribution < 1.29 is 14.6 Å². The molecule has 14 heavy (non-hydrogen) atoms. The highest BCUT2D eigenvalue weighted by atomic mass is 16.5. The Bertz CT molecular complexity index is 185. The molecule has 0 heterocycles. The zero-order valence-electron chi connectivity index (χ0n) is 9.08. The molecule has 0 aromatic heterocycles. The molecule has 0 amide bonds. The Morgan fingerprint density at radius 2 is 2.14 bits per heavy atom. The Labute approximate surface area is 85.8 Å². The summed E-state index contributed by atoms with van der Waals surface area (Å²) in [4.78, 5) is 10.7. The molecule has 0 radical (unpaired) electrons. The van der Waals surface area contributed by atoms with Crippen LogP contribution in [0.2, 0.25) is 0 Å². The lowest BCUT2D eigenvalue weighted by atomic mass is 9.88. The number of carboxylic acids is 1. The average molecular weight is 200 g/mol. The molecule has 3 nitrogen and oxygen atoms in total. The van der Waals surface area contributed by atoms with Gasteiger partial charge in [-0.3, -0.25) is 4.79 Å². The second-order valence-electron chi connectivity index (χ2n) is 3.98. The summed E-state index contributed by atoms with van der Waals surface area (Å²) in [7, 11) is 0. The normalized spacial score (nSPS) is 11.3. The number of hydrogen-bond acceptors (Lipinski definition) is 2. The lowest BCUT2D eigenvalue weighted by molar-refractivity contribution is -0.147. The third-order valence-electron chi connectivity index (χ3n) is 2.14. The van der Waals surface area contributed by atoms with Crippen LogP contribution >= 0.6 is 0 Å². The number of carboxylic acid groups (broad SMARTS) is 1. The minimum atomic E-state index is -0.747. The van der Waals surface area contributed by atoms with Crippen molar-refractivity contribution in [3.05, 3.63) is 12.7 Å². The van der Waals surface area contributed by atoms with Crippen molar-refractivity contribution in [2.75, 3.05) is 13.2 Å². The van der Waals surface area contributed by atoms with Crippen LogP contribution in [0, 0.1) is 5.41 Å². The van der Waals surface area contributed by atoms with Crippen LogP contribution in [0.4, 0.5) is 0 Å². The summed E-state index contributed by atoms with van der Waals surface area (Å²) in [6, 6.07) is 0. The molecule has 0 saturated heterocycles. The summed E-state index contributed by atoms with van der Waals surface area (Å²) >= 11 is 0. The second-order valence-corrected chi connectivity index (χ2v) is 3.98. The maximum atomic E-state index is 10.7. The standard InChI is InChI=1S/C11H20O3/c1-4-5-8-14-9-6-7-11(2,3)10(12)13/h4H,1,5-9H2,2-3H3,(H,12,13). The van der Waals surface area contributed by atoms with E-state index in [1.807, 2.05) is 0 Å². The van der Waals surface area contributed by atoms with Gasteiger partial charge in [-0.25, -0.2) is 0 Å². The quantitative estimate of drug-likeness (QED) is 0.483. The van der Waals surface area contributed by atoms with Gasteiger partial charge in [-0.2, -0.15) is 0 Å². The van der Waals surface area contributed by atoms with Crippen LogP contribution in [-0.4, -0.2) is 24.3 Å². The highest BCUT2D eigenvalue weighted by Crippen LogP contribution is 2.22. The summed E-state index contributed by atoms with van der Waals surface area (Å²) < 4.78 is 5.29. The molecule has 1 N–H and O–H groups in total. The van der Waals surface area contributed by atoms with Gasteiger partial charge in [-0.1, -0.05) is 6.08 Å². The van der Waals surface area contributed by atoms with Crippen LogP contribution in [0.15, 0.2) is 12.7 Å². The van der Waals surface area contributed by atoms with Crippen molar-refractivity contribution in [3.8, 4) is 0 Å². The van der Waals surface area contributed by atoms with Gasteiger partial charge in [0.2, 0.25) is 0 Å². The summed E-state index contributed by atoms with van der Waals surface area (Å²) in [5.74, 6) is -0.747. The van der Waals surface area contributed by atoms with E-state index in [9.17, 15) is 4.79 Å². The van der Waals surface area contributed by atoms with E-state index in [4.69, 9.17) is 9.84 Å². The topological polar surface area (TPSA) is 46.5 Å². The first-order chi connectivity index (χ1) is 6.50. The van der Waals surface area contributed by atoms with Crippen molar-refractivity contribution in [2.24, 2.45) is 5.41 Å². The van der Waals surface area contributed by atoms with Gasteiger partial charge in [-0.05, 0) is 33.1 Å². The predicted octanol–water partition coefficient (Wildman–Crippen LogP) is 2.47. The van der Waals surface area contributed by atoms with E-state index < -0.39 is 11.4 Å². The molecular weight excluding hydrogens is 180 g/mol. The molecule has 0 fully saturated rings. The van der Waals surface area contributed by atoms with Gasteiger partial charge in [0.05, 0.1) is 5.41 Å². The van der Waals surface area contributed by atoms with E-state index in [1.54, 1.807) is 19.9 Å². The van der Waals surface area contributed by atoms with E-state index in [2.05, 4.69) is 6.58 Å². The van der Waals surface area contributed by atoms with Crippen LogP contribution in [0.3, 0.4) is 0 Å². The average Bonchev–Trinajstić information content (AvgIpc) is 2.10. The number of aliphatic carboxylic acids is 1. The maximum absolute atomic E-state index is 10.7. The van der Waals surface area contributed by atoms with E-state index in [0.29, 0.717) is 19.6 Å². The first-order valence-corrected chi connectivity index (χ1v) is 4.93. The van der Waals surface area contributed by atoms with Crippen LogP contribution in [0.25, 0.3) is 0 Å². The van der Waals surface area contributed by atoms with Crippen molar-refractivity contribution >= 4 is 5.97 Å². The Kier molecular flexibility index (Phi) is 6.21. The van der Waals surface area contributed by atoms with Crippen molar-refractivity contribution in [1.82, 2.24) is 0 Å². The van der Waals surface area contributed by atoms with Crippen LogP contribution in [-0.2, 0) is 9.53 Å². The van der Waals surface area contributed by atoms with Gasteiger partial charge in [0.1, 0.15) is 0 Å². The third-order valence-corrected chi connectivity index (χ3v) is 2.14. The highest BCUT2D eigenvalue weighted by Gasteiger charge is 2.25. The van der Waals surface area contributed by atoms with E-state index in [-0.39, 0.29) is 0 Å². The zero-order valence-corrected chi connectivity index (χ0v) is 9.08. The number of carbonyl (C=O) groups is 1. The molecule has 3 heteroatoms. The number of ether oxygens (including phenoxy) is 1. The molecular formula is C11H20O3. The fourth-order valence-electron chi connectivity index (χ4n) is 0.992. The van der Waals surface area contributed by atoms with Crippen LogP contribution in [0.5, 0.6) is 0 Å². The molecule has 0 spiro atoms. The number of hydrogen-bond donors (Lipinski definition) is 1. The lowest BCUT2D eigenvalue weighted by Crippen LogP contribution is -2.23. The number of rotatable bonds is 8. The Morgan fingerprint density at radius 1 is 1.50 bits per heavy atom. The fraction of sp³-hybridized carbons (Fsp3) is 0.727. The van der Waals surface area contributed by atoms with Gasteiger partial charge in [-0.15, -0.1) is 6.58 Å². The first-order valence-electron chi connectivity index (χ1n) is 4.93.